The molecule has 4 nitrogen and oxygen atoms in total. The molecule has 0 aliphatic carbocycles. The number of nitrogens with zero attached hydrogens (tertiary/aromatic N) is 2. The van der Waals surface area contributed by atoms with Crippen molar-refractivity contribution >= 4 is 0 Å². The fraction of sp³-hybridized carbons (Fsp3) is 0.273. The molecule has 0 spiro atoms. The van der Waals surface area contributed by atoms with Crippen LogP contribution in [0, 0.1) is 0 Å². The van der Waals surface area contributed by atoms with Crippen molar-refractivity contribution in [2.45, 2.75) is 6.42 Å². The molecule has 0 radical (unpaired) electrons. The Kier molecular flexibility index (Phi) is 3.09. The molecule has 2 rings (SSSR count). The highest BCUT2D eigenvalue weighted by Crippen LogP contribution is 2.16. The molecule has 4 heteroatoms. The second kappa shape index (κ2) is 4.70. The van der Waals surface area contributed by atoms with Gasteiger partial charge in [-0.3, -0.25) is 0 Å². The average molecular weight is 203 g/mol. The van der Waals surface area contributed by atoms with E-state index in [4.69, 9.17) is 4.42 Å². The molecule has 0 aliphatic rings. The van der Waals surface area contributed by atoms with E-state index in [0.717, 1.165) is 18.5 Å². The van der Waals surface area contributed by atoms with Crippen LogP contribution in [0.2, 0.25) is 0 Å². The van der Waals surface area contributed by atoms with Gasteiger partial charge in [0.05, 0.1) is 0 Å². The lowest BCUT2D eigenvalue weighted by atomic mass is 10.2. The summed E-state index contributed by atoms with van der Waals surface area (Å²) in [6.07, 6.45) is 0.760. The molecule has 1 aromatic heterocycles. The van der Waals surface area contributed by atoms with Crippen LogP contribution >= 0.6 is 0 Å². The first-order valence-electron chi connectivity index (χ1n) is 4.92. The first-order valence-corrected chi connectivity index (χ1v) is 4.92. The molecule has 1 aromatic carbocycles. The Hall–Kier alpha value is -1.68. The zero-order valence-electron chi connectivity index (χ0n) is 8.60. The van der Waals surface area contributed by atoms with Gasteiger partial charge in [0.1, 0.15) is 0 Å². The van der Waals surface area contributed by atoms with Gasteiger partial charge in [0.2, 0.25) is 11.8 Å². The van der Waals surface area contributed by atoms with E-state index < -0.39 is 0 Å². The van der Waals surface area contributed by atoms with Crippen molar-refractivity contribution < 1.29 is 4.42 Å². The predicted molar refractivity (Wildman–Crippen MR) is 57.4 cm³/mol. The third kappa shape index (κ3) is 2.41. The third-order valence-electron chi connectivity index (χ3n) is 2.08. The van der Waals surface area contributed by atoms with Gasteiger partial charge >= 0.3 is 0 Å². The van der Waals surface area contributed by atoms with Gasteiger partial charge in [-0.25, -0.2) is 0 Å². The molecule has 0 amide bonds. The van der Waals surface area contributed by atoms with Gasteiger partial charge < -0.3 is 9.73 Å². The van der Waals surface area contributed by atoms with E-state index in [1.807, 2.05) is 37.4 Å². The molecule has 0 aliphatic heterocycles. The van der Waals surface area contributed by atoms with Gasteiger partial charge in [0, 0.05) is 18.5 Å². The van der Waals surface area contributed by atoms with E-state index in [9.17, 15) is 0 Å². The van der Waals surface area contributed by atoms with E-state index in [1.165, 1.54) is 0 Å². The van der Waals surface area contributed by atoms with Crippen LogP contribution in [0.5, 0.6) is 0 Å². The molecular weight excluding hydrogens is 190 g/mol. The largest absolute Gasteiger partial charge is 0.421 e. The highest BCUT2D eigenvalue weighted by atomic mass is 16.4. The minimum absolute atomic E-state index is 0.585. The number of rotatable bonds is 4. The predicted octanol–water partition coefficient (Wildman–Crippen LogP) is 1.50. The van der Waals surface area contributed by atoms with Crippen LogP contribution in [0.15, 0.2) is 34.7 Å². The summed E-state index contributed by atoms with van der Waals surface area (Å²) in [6.45, 7) is 0.844. The van der Waals surface area contributed by atoms with Gasteiger partial charge in [0.25, 0.3) is 0 Å². The van der Waals surface area contributed by atoms with E-state index in [0.29, 0.717) is 11.8 Å². The van der Waals surface area contributed by atoms with Crippen LogP contribution in [-0.2, 0) is 6.42 Å². The van der Waals surface area contributed by atoms with Crippen molar-refractivity contribution in [1.82, 2.24) is 15.5 Å². The smallest absolute Gasteiger partial charge is 0.247 e. The molecule has 0 saturated heterocycles. The summed E-state index contributed by atoms with van der Waals surface area (Å²) in [5.41, 5.74) is 0.959. The van der Waals surface area contributed by atoms with Crippen LogP contribution in [-0.4, -0.2) is 23.8 Å². The lowest BCUT2D eigenvalue weighted by Crippen LogP contribution is -2.10. The highest BCUT2D eigenvalue weighted by Gasteiger charge is 2.06. The van der Waals surface area contributed by atoms with E-state index in [-0.39, 0.29) is 0 Å². The molecule has 78 valence electrons. The normalized spacial score (nSPS) is 10.5. The molecule has 0 saturated carbocycles. The number of nitrogens with one attached hydrogen (secondary N) is 1. The maximum absolute atomic E-state index is 5.51. The Bertz CT molecular complexity index is 411. The maximum atomic E-state index is 5.51. The standard InChI is InChI=1S/C11H13N3O/c1-12-8-7-10-13-14-11(15-10)9-5-3-2-4-6-9/h2-6,12H,7-8H2,1H3. The second-order valence-corrected chi connectivity index (χ2v) is 3.22. The van der Waals surface area contributed by atoms with Gasteiger partial charge in [-0.05, 0) is 19.2 Å². The topological polar surface area (TPSA) is 51.0 Å². The molecule has 0 unspecified atom stereocenters. The van der Waals surface area contributed by atoms with Crippen molar-refractivity contribution in [3.05, 3.63) is 36.2 Å². The van der Waals surface area contributed by atoms with Crippen molar-refractivity contribution in [3.63, 3.8) is 0 Å². The number of hydrogen-bond acceptors (Lipinski definition) is 4. The van der Waals surface area contributed by atoms with Crippen LogP contribution in [0.4, 0.5) is 0 Å². The summed E-state index contributed by atoms with van der Waals surface area (Å²) in [7, 11) is 1.90. The molecule has 0 fully saturated rings. The summed E-state index contributed by atoms with van der Waals surface area (Å²) >= 11 is 0. The first-order chi connectivity index (χ1) is 7.40. The Morgan fingerprint density at radius 1 is 1.20 bits per heavy atom. The summed E-state index contributed by atoms with van der Waals surface area (Å²) in [6, 6.07) is 9.77. The monoisotopic (exact) mass is 203 g/mol. The van der Waals surface area contributed by atoms with Crippen molar-refractivity contribution in [3.8, 4) is 11.5 Å². The fourth-order valence-corrected chi connectivity index (χ4v) is 1.28. The molecular formula is C11H13N3O. The van der Waals surface area contributed by atoms with Crippen LogP contribution < -0.4 is 5.32 Å². The average Bonchev–Trinajstić information content (AvgIpc) is 2.76. The number of benzene rings is 1. The summed E-state index contributed by atoms with van der Waals surface area (Å²) < 4.78 is 5.51. The minimum Gasteiger partial charge on any atom is -0.421 e. The van der Waals surface area contributed by atoms with E-state index in [2.05, 4.69) is 15.5 Å². The summed E-state index contributed by atoms with van der Waals surface area (Å²) in [5.74, 6) is 1.25. The summed E-state index contributed by atoms with van der Waals surface area (Å²) in [5, 5.41) is 11.0. The Balaban J connectivity index is 2.14. The molecule has 1 N–H and O–H groups in total. The van der Waals surface area contributed by atoms with Crippen LogP contribution in [0.1, 0.15) is 5.89 Å². The quantitative estimate of drug-likeness (QED) is 0.818. The third-order valence-corrected chi connectivity index (χ3v) is 2.08. The Labute approximate surface area is 88.3 Å². The van der Waals surface area contributed by atoms with Crippen molar-refractivity contribution in [1.29, 1.82) is 0 Å². The molecule has 2 aromatic rings. The zero-order valence-corrected chi connectivity index (χ0v) is 8.60. The zero-order chi connectivity index (χ0) is 10.5. The highest BCUT2D eigenvalue weighted by molar-refractivity contribution is 5.51. The lowest BCUT2D eigenvalue weighted by Gasteiger charge is -1.93. The lowest BCUT2D eigenvalue weighted by molar-refractivity contribution is 0.500. The van der Waals surface area contributed by atoms with Gasteiger partial charge in [-0.15, -0.1) is 10.2 Å². The van der Waals surface area contributed by atoms with Crippen molar-refractivity contribution in [2.24, 2.45) is 0 Å². The number of aromatic nitrogens is 2. The molecule has 15 heavy (non-hydrogen) atoms. The molecule has 0 bridgehead atoms. The van der Waals surface area contributed by atoms with E-state index >= 15 is 0 Å². The van der Waals surface area contributed by atoms with Crippen LogP contribution in [0.3, 0.4) is 0 Å². The van der Waals surface area contributed by atoms with Crippen molar-refractivity contribution in [2.75, 3.05) is 13.6 Å². The second-order valence-electron chi connectivity index (χ2n) is 3.22. The summed E-state index contributed by atoms with van der Waals surface area (Å²) in [4.78, 5) is 0. The van der Waals surface area contributed by atoms with E-state index in [1.54, 1.807) is 0 Å². The van der Waals surface area contributed by atoms with Gasteiger partial charge in [0.15, 0.2) is 0 Å². The number of likely N-dealkylation sites (N-methyl/N-ethyl adjacent to an activating group) is 1. The first kappa shape index (κ1) is 9.86. The number of hydrogen-bond donors (Lipinski definition) is 1. The fourth-order valence-electron chi connectivity index (χ4n) is 1.28. The minimum atomic E-state index is 0.585. The van der Waals surface area contributed by atoms with Gasteiger partial charge in [-0.2, -0.15) is 0 Å². The maximum Gasteiger partial charge on any atom is 0.247 e. The SMILES string of the molecule is CNCCc1nnc(-c2ccccc2)o1. The van der Waals surface area contributed by atoms with Gasteiger partial charge in [-0.1, -0.05) is 18.2 Å². The molecule has 1 heterocycles. The molecule has 0 atom stereocenters. The van der Waals surface area contributed by atoms with Crippen LogP contribution in [0.25, 0.3) is 11.5 Å². The Morgan fingerprint density at radius 3 is 2.73 bits per heavy atom. The Morgan fingerprint density at radius 2 is 2.00 bits per heavy atom.